The van der Waals surface area contributed by atoms with E-state index in [1.807, 2.05) is 6.92 Å². The number of esters is 1. The minimum absolute atomic E-state index is 0.355. The van der Waals surface area contributed by atoms with Crippen LogP contribution in [0.5, 0.6) is 0 Å². The Hall–Kier alpha value is -1.14. The second-order valence-electron chi connectivity index (χ2n) is 4.09. The highest BCUT2D eigenvalue weighted by Gasteiger charge is 2.29. The van der Waals surface area contributed by atoms with Gasteiger partial charge in [0.05, 0.1) is 13.2 Å². The minimum atomic E-state index is -0.379. The van der Waals surface area contributed by atoms with Gasteiger partial charge in [0.2, 0.25) is 0 Å². The fourth-order valence-corrected chi connectivity index (χ4v) is 2.67. The predicted octanol–water partition coefficient (Wildman–Crippen LogP) is 1.83. The third-order valence-electron chi connectivity index (χ3n) is 2.93. The van der Waals surface area contributed by atoms with Crippen LogP contribution in [0.25, 0.3) is 0 Å². The van der Waals surface area contributed by atoms with E-state index in [4.69, 9.17) is 4.74 Å². The van der Waals surface area contributed by atoms with Crippen molar-refractivity contribution in [1.29, 1.82) is 0 Å². The summed E-state index contributed by atoms with van der Waals surface area (Å²) in [6.07, 6.45) is 2.33. The molecule has 1 aliphatic carbocycles. The van der Waals surface area contributed by atoms with Crippen molar-refractivity contribution in [2.45, 2.75) is 31.9 Å². The molecule has 5 nitrogen and oxygen atoms in total. The Labute approximate surface area is 104 Å². The van der Waals surface area contributed by atoms with Gasteiger partial charge in [0.15, 0.2) is 10.8 Å². The Morgan fingerprint density at radius 1 is 1.47 bits per heavy atom. The lowest BCUT2D eigenvalue weighted by Gasteiger charge is -2.34. The molecular formula is C11H16N2O3S. The molecule has 1 aromatic rings. The first-order valence-corrected chi connectivity index (χ1v) is 6.30. The maximum Gasteiger partial charge on any atom is 0.357 e. The molecule has 17 heavy (non-hydrogen) atoms. The van der Waals surface area contributed by atoms with Gasteiger partial charge in [0.1, 0.15) is 0 Å². The zero-order valence-corrected chi connectivity index (χ0v) is 11.0. The molecule has 0 amide bonds. The summed E-state index contributed by atoms with van der Waals surface area (Å²) in [4.78, 5) is 16.5. The molecule has 0 radical (unpaired) electrons. The van der Waals surface area contributed by atoms with Crippen LogP contribution in [0, 0.1) is 6.92 Å². The van der Waals surface area contributed by atoms with Crippen molar-refractivity contribution in [1.82, 2.24) is 4.98 Å². The second kappa shape index (κ2) is 5.01. The van der Waals surface area contributed by atoms with E-state index in [2.05, 4.69) is 15.0 Å². The largest absolute Gasteiger partial charge is 0.464 e. The van der Waals surface area contributed by atoms with Gasteiger partial charge in [-0.2, -0.15) is 0 Å². The van der Waals surface area contributed by atoms with Crippen molar-refractivity contribution in [2.24, 2.45) is 0 Å². The number of thiazole rings is 1. The maximum absolute atomic E-state index is 11.4. The first-order valence-electron chi connectivity index (χ1n) is 5.49. The molecule has 2 rings (SSSR count). The monoisotopic (exact) mass is 256 g/mol. The van der Waals surface area contributed by atoms with Gasteiger partial charge in [-0.15, -0.1) is 11.3 Å². The average Bonchev–Trinajstić information content (AvgIpc) is 2.63. The van der Waals surface area contributed by atoms with Gasteiger partial charge in [0.25, 0.3) is 0 Å². The number of carbonyl (C=O) groups excluding carboxylic acids is 1. The molecule has 0 aliphatic heterocycles. The van der Waals surface area contributed by atoms with Crippen LogP contribution in [0.1, 0.15) is 28.2 Å². The molecule has 1 fully saturated rings. The number of methoxy groups -OCH3 is 2. The lowest BCUT2D eigenvalue weighted by molar-refractivity contribution is 0.0328. The fraction of sp³-hybridized carbons (Fsp3) is 0.636. The van der Waals surface area contributed by atoms with Gasteiger partial charge < -0.3 is 14.8 Å². The molecule has 0 unspecified atom stereocenters. The Morgan fingerprint density at radius 3 is 2.76 bits per heavy atom. The van der Waals surface area contributed by atoms with Crippen molar-refractivity contribution >= 4 is 22.4 Å². The van der Waals surface area contributed by atoms with E-state index in [1.165, 1.54) is 18.4 Å². The summed E-state index contributed by atoms with van der Waals surface area (Å²) in [5, 5.41) is 4.08. The molecule has 94 valence electrons. The highest BCUT2D eigenvalue weighted by molar-refractivity contribution is 7.15. The molecule has 1 N–H and O–H groups in total. The molecule has 6 heteroatoms. The molecule has 1 heterocycles. The lowest BCUT2D eigenvalue weighted by Crippen LogP contribution is -2.40. The molecule has 0 aromatic carbocycles. The number of aromatic nitrogens is 1. The summed E-state index contributed by atoms with van der Waals surface area (Å²) >= 11 is 1.48. The van der Waals surface area contributed by atoms with Gasteiger partial charge in [-0.25, -0.2) is 9.78 Å². The first kappa shape index (κ1) is 12.3. The molecule has 0 saturated heterocycles. The Bertz CT molecular complexity index is 413. The minimum Gasteiger partial charge on any atom is -0.464 e. The predicted molar refractivity (Wildman–Crippen MR) is 65.6 cm³/mol. The van der Waals surface area contributed by atoms with Crippen LogP contribution in [-0.2, 0) is 9.47 Å². The summed E-state index contributed by atoms with van der Waals surface area (Å²) in [5.41, 5.74) is 0.405. The van der Waals surface area contributed by atoms with Crippen molar-refractivity contribution in [3.8, 4) is 0 Å². The lowest BCUT2D eigenvalue weighted by atomic mass is 9.89. The Kier molecular flexibility index (Phi) is 3.63. The van der Waals surface area contributed by atoms with Crippen LogP contribution in [0.2, 0.25) is 0 Å². The van der Waals surface area contributed by atoms with Crippen LogP contribution in [-0.4, -0.2) is 37.3 Å². The average molecular weight is 256 g/mol. The highest BCUT2D eigenvalue weighted by atomic mass is 32.1. The molecular weight excluding hydrogens is 240 g/mol. The summed E-state index contributed by atoms with van der Waals surface area (Å²) < 4.78 is 9.88. The van der Waals surface area contributed by atoms with E-state index in [-0.39, 0.29) is 5.97 Å². The van der Waals surface area contributed by atoms with Gasteiger partial charge >= 0.3 is 5.97 Å². The second-order valence-corrected chi connectivity index (χ2v) is 5.29. The number of hydrogen-bond acceptors (Lipinski definition) is 6. The Balaban J connectivity index is 1.96. The molecule has 1 saturated carbocycles. The third kappa shape index (κ3) is 2.58. The highest BCUT2D eigenvalue weighted by Crippen LogP contribution is 2.29. The quantitative estimate of drug-likeness (QED) is 0.833. The topological polar surface area (TPSA) is 60.5 Å². The fourth-order valence-electron chi connectivity index (χ4n) is 1.79. The molecule has 0 atom stereocenters. The van der Waals surface area contributed by atoms with Gasteiger partial charge in [0, 0.05) is 18.0 Å². The van der Waals surface area contributed by atoms with Crippen LogP contribution in [0.15, 0.2) is 0 Å². The van der Waals surface area contributed by atoms with Crippen LogP contribution >= 0.6 is 11.3 Å². The molecule has 0 bridgehead atoms. The molecule has 1 aliphatic rings. The first-order chi connectivity index (χ1) is 8.13. The van der Waals surface area contributed by atoms with E-state index in [0.717, 1.165) is 22.9 Å². The summed E-state index contributed by atoms with van der Waals surface area (Å²) in [5.74, 6) is -0.379. The number of rotatable bonds is 4. The smallest absolute Gasteiger partial charge is 0.357 e. The van der Waals surface area contributed by atoms with E-state index in [9.17, 15) is 4.79 Å². The van der Waals surface area contributed by atoms with E-state index in [1.54, 1.807) is 7.11 Å². The van der Waals surface area contributed by atoms with Crippen LogP contribution < -0.4 is 5.32 Å². The van der Waals surface area contributed by atoms with Crippen LogP contribution in [0.3, 0.4) is 0 Å². The standard InChI is InChI=1S/C11H16N2O3S/c1-6-9(10(14)16-3)13-11(17-6)12-7-4-8(5-7)15-2/h7-8H,4-5H2,1-3H3,(H,12,13). The van der Waals surface area contributed by atoms with Gasteiger partial charge in [-0.05, 0) is 19.8 Å². The van der Waals surface area contributed by atoms with E-state index in [0.29, 0.717) is 17.8 Å². The zero-order valence-electron chi connectivity index (χ0n) is 10.1. The molecule has 1 aromatic heterocycles. The zero-order chi connectivity index (χ0) is 12.4. The van der Waals surface area contributed by atoms with E-state index >= 15 is 0 Å². The van der Waals surface area contributed by atoms with E-state index < -0.39 is 0 Å². The molecule has 0 spiro atoms. The summed E-state index contributed by atoms with van der Waals surface area (Å²) in [6, 6.07) is 0.399. The van der Waals surface area contributed by atoms with Crippen molar-refractivity contribution < 1.29 is 14.3 Å². The van der Waals surface area contributed by atoms with Gasteiger partial charge in [-0.3, -0.25) is 0 Å². The number of ether oxygens (including phenoxy) is 2. The maximum atomic E-state index is 11.4. The summed E-state index contributed by atoms with van der Waals surface area (Å²) in [6.45, 7) is 1.87. The van der Waals surface area contributed by atoms with Crippen molar-refractivity contribution in [3.05, 3.63) is 10.6 Å². The van der Waals surface area contributed by atoms with Crippen LogP contribution in [0.4, 0.5) is 5.13 Å². The van der Waals surface area contributed by atoms with Crippen molar-refractivity contribution in [2.75, 3.05) is 19.5 Å². The normalized spacial score (nSPS) is 23.0. The van der Waals surface area contributed by atoms with Crippen molar-refractivity contribution in [3.63, 3.8) is 0 Å². The number of aryl methyl sites for hydroxylation is 1. The van der Waals surface area contributed by atoms with Gasteiger partial charge in [-0.1, -0.05) is 0 Å². The number of carbonyl (C=O) groups is 1. The SMILES string of the molecule is COC(=O)c1nc(NC2CC(OC)C2)sc1C. The number of nitrogens with one attached hydrogen (secondary N) is 1. The third-order valence-corrected chi connectivity index (χ3v) is 3.83. The number of nitrogens with zero attached hydrogens (tertiary/aromatic N) is 1. The summed E-state index contributed by atoms with van der Waals surface area (Å²) in [7, 11) is 3.09. The number of hydrogen-bond donors (Lipinski definition) is 1. The Morgan fingerprint density at radius 2 is 2.18 bits per heavy atom. The number of anilines is 1.